The van der Waals surface area contributed by atoms with Crippen molar-refractivity contribution in [2.75, 3.05) is 6.61 Å². The van der Waals surface area contributed by atoms with Crippen LogP contribution in [0.15, 0.2) is 20.4 Å². The van der Waals surface area contributed by atoms with Crippen molar-refractivity contribution in [2.24, 2.45) is 43.3 Å². The molecule has 11 nitrogen and oxygen atoms in total. The fraction of sp³-hybridized carbons (Fsp3) is 0.429. The molecule has 11 heteroatoms. The van der Waals surface area contributed by atoms with Gasteiger partial charge in [-0.05, 0) is 0 Å². The second-order valence-corrected chi connectivity index (χ2v) is 3.01. The summed E-state index contributed by atoms with van der Waals surface area (Å²) < 4.78 is 0. The molecular formula is C7H16N8O3. The van der Waals surface area contributed by atoms with Gasteiger partial charge in [-0.15, -0.1) is 15.3 Å². The molecule has 0 bridgehead atoms. The summed E-state index contributed by atoms with van der Waals surface area (Å²) in [5, 5.41) is 40.8. The molecule has 18 heavy (non-hydrogen) atoms. The van der Waals surface area contributed by atoms with Crippen molar-refractivity contribution in [2.45, 2.75) is 12.2 Å². The summed E-state index contributed by atoms with van der Waals surface area (Å²) in [5.74, 6) is -0.682. The number of hydrogen-bond donors (Lipinski definition) is 7. The van der Waals surface area contributed by atoms with E-state index in [1.807, 2.05) is 0 Å². The molecule has 11 N–H and O–H groups in total. The maximum atomic E-state index is 9.56. The first-order valence-electron chi connectivity index (χ1n) is 4.64. The van der Waals surface area contributed by atoms with Crippen LogP contribution in [0.2, 0.25) is 0 Å². The molecule has 0 heterocycles. The summed E-state index contributed by atoms with van der Waals surface area (Å²) in [6.45, 7) is -0.696. The van der Waals surface area contributed by atoms with Crippen molar-refractivity contribution >= 4 is 23.8 Å². The molecule has 2 unspecified atom stereocenters. The van der Waals surface area contributed by atoms with Gasteiger partial charge in [0.2, 0.25) is 11.9 Å². The molecule has 0 saturated heterocycles. The molecule has 0 aromatic carbocycles. The Morgan fingerprint density at radius 1 is 1.00 bits per heavy atom. The van der Waals surface area contributed by atoms with Crippen LogP contribution in [0, 0.1) is 0 Å². The van der Waals surface area contributed by atoms with Crippen molar-refractivity contribution in [1.29, 1.82) is 0 Å². The van der Waals surface area contributed by atoms with Gasteiger partial charge in [-0.25, -0.2) is 0 Å². The predicted octanol–water partition coefficient (Wildman–Crippen LogP) is -4.41. The van der Waals surface area contributed by atoms with Gasteiger partial charge < -0.3 is 38.3 Å². The quantitative estimate of drug-likeness (QED) is 0.141. The molecule has 0 fully saturated rings. The van der Waals surface area contributed by atoms with E-state index in [9.17, 15) is 10.2 Å². The first-order valence-corrected chi connectivity index (χ1v) is 4.64. The standard InChI is InChI=1S/C7H16N8O3/c8-6(9)14-12-1-3(13-15-7(10)11)5(18)4(17)2-16/h1,4-5,16-18H,2H2,(H4,8,9,14)(H4,10,11,15)/b12-1+,13-3-. The Hall–Kier alpha value is -2.24. The van der Waals surface area contributed by atoms with E-state index in [1.165, 1.54) is 0 Å². The van der Waals surface area contributed by atoms with Gasteiger partial charge in [0.05, 0.1) is 12.8 Å². The van der Waals surface area contributed by atoms with Gasteiger partial charge in [-0.3, -0.25) is 0 Å². The van der Waals surface area contributed by atoms with E-state index in [0.717, 1.165) is 6.21 Å². The van der Waals surface area contributed by atoms with E-state index in [-0.39, 0.29) is 17.6 Å². The minimum atomic E-state index is -1.56. The van der Waals surface area contributed by atoms with E-state index < -0.39 is 18.8 Å². The van der Waals surface area contributed by atoms with Crippen LogP contribution in [0.4, 0.5) is 0 Å². The Bertz CT molecular complexity index is 369. The number of guanidine groups is 2. The zero-order valence-electron chi connectivity index (χ0n) is 9.38. The SMILES string of the molecule is NC(N)=N/N=C(/C=N/N=C(N)N)C(O)C(O)CO. The monoisotopic (exact) mass is 260 g/mol. The molecule has 0 rings (SSSR count). The number of nitrogens with two attached hydrogens (primary N) is 4. The maximum absolute atomic E-state index is 9.56. The van der Waals surface area contributed by atoms with Gasteiger partial charge in [0, 0.05) is 0 Å². The molecule has 102 valence electrons. The highest BCUT2D eigenvalue weighted by molar-refractivity contribution is 6.32. The fourth-order valence-electron chi connectivity index (χ4n) is 0.728. The molecule has 0 aliphatic rings. The van der Waals surface area contributed by atoms with E-state index in [4.69, 9.17) is 28.0 Å². The molecule has 0 saturated carbocycles. The Morgan fingerprint density at radius 2 is 1.56 bits per heavy atom. The highest BCUT2D eigenvalue weighted by Crippen LogP contribution is 1.96. The van der Waals surface area contributed by atoms with Crippen LogP contribution in [-0.2, 0) is 0 Å². The van der Waals surface area contributed by atoms with Crippen molar-refractivity contribution in [3.8, 4) is 0 Å². The van der Waals surface area contributed by atoms with Gasteiger partial charge in [0.1, 0.15) is 17.9 Å². The molecular weight excluding hydrogens is 244 g/mol. The van der Waals surface area contributed by atoms with Gasteiger partial charge in [-0.1, -0.05) is 0 Å². The summed E-state index contributed by atoms with van der Waals surface area (Å²) in [4.78, 5) is 0. The molecule has 0 aromatic rings. The second kappa shape index (κ2) is 7.94. The van der Waals surface area contributed by atoms with E-state index in [2.05, 4.69) is 20.4 Å². The first kappa shape index (κ1) is 15.8. The number of hydrogen-bond acceptors (Lipinski definition) is 7. The smallest absolute Gasteiger partial charge is 0.211 e. The summed E-state index contributed by atoms with van der Waals surface area (Å²) in [5.41, 5.74) is 19.9. The third-order valence-electron chi connectivity index (χ3n) is 1.50. The van der Waals surface area contributed by atoms with Crippen LogP contribution < -0.4 is 22.9 Å². The summed E-state index contributed by atoms with van der Waals surface area (Å²) in [6.07, 6.45) is -2.12. The lowest BCUT2D eigenvalue weighted by molar-refractivity contribution is 0.0192. The zero-order chi connectivity index (χ0) is 14.1. The van der Waals surface area contributed by atoms with Crippen LogP contribution in [0.1, 0.15) is 0 Å². The van der Waals surface area contributed by atoms with Crippen molar-refractivity contribution in [1.82, 2.24) is 0 Å². The third-order valence-corrected chi connectivity index (χ3v) is 1.50. The van der Waals surface area contributed by atoms with Crippen molar-refractivity contribution in [3.63, 3.8) is 0 Å². The largest absolute Gasteiger partial charge is 0.394 e. The van der Waals surface area contributed by atoms with Crippen LogP contribution in [0.25, 0.3) is 0 Å². The molecule has 2 atom stereocenters. The fourth-order valence-corrected chi connectivity index (χ4v) is 0.728. The zero-order valence-corrected chi connectivity index (χ0v) is 9.38. The Balaban J connectivity index is 5.06. The normalized spacial score (nSPS) is 15.2. The minimum absolute atomic E-state index is 0.241. The van der Waals surface area contributed by atoms with E-state index in [1.54, 1.807) is 0 Å². The number of rotatable bonds is 6. The van der Waals surface area contributed by atoms with Gasteiger partial charge in [-0.2, -0.15) is 5.10 Å². The predicted molar refractivity (Wildman–Crippen MR) is 66.6 cm³/mol. The average Bonchev–Trinajstić information content (AvgIpc) is 2.30. The molecule has 0 aliphatic carbocycles. The average molecular weight is 260 g/mol. The van der Waals surface area contributed by atoms with Crippen LogP contribution >= 0.6 is 0 Å². The lowest BCUT2D eigenvalue weighted by atomic mass is 10.1. The third kappa shape index (κ3) is 6.37. The molecule has 0 radical (unpaired) electrons. The van der Waals surface area contributed by atoms with Crippen LogP contribution in [-0.4, -0.2) is 58.0 Å². The summed E-state index contributed by atoms with van der Waals surface area (Å²) in [7, 11) is 0. The lowest BCUT2D eigenvalue weighted by Gasteiger charge is -2.13. The second-order valence-electron chi connectivity index (χ2n) is 3.01. The number of nitrogens with zero attached hydrogens (tertiary/aromatic N) is 4. The number of aliphatic hydroxyl groups excluding tert-OH is 3. The summed E-state index contributed by atoms with van der Waals surface area (Å²) >= 11 is 0. The molecule has 0 spiro atoms. The molecule has 0 amide bonds. The molecule has 0 aromatic heterocycles. The first-order chi connectivity index (χ1) is 8.38. The van der Waals surface area contributed by atoms with Crippen molar-refractivity contribution in [3.05, 3.63) is 0 Å². The minimum Gasteiger partial charge on any atom is -0.394 e. The maximum Gasteiger partial charge on any atom is 0.211 e. The van der Waals surface area contributed by atoms with E-state index >= 15 is 0 Å². The topological polar surface area (TPSA) is 214 Å². The van der Waals surface area contributed by atoms with Gasteiger partial charge in [0.15, 0.2) is 0 Å². The van der Waals surface area contributed by atoms with Gasteiger partial charge >= 0.3 is 0 Å². The molecule has 0 aliphatic heterocycles. The summed E-state index contributed by atoms with van der Waals surface area (Å²) in [6, 6.07) is 0. The Labute approximate surface area is 102 Å². The highest BCUT2D eigenvalue weighted by atomic mass is 16.4. The number of aliphatic hydroxyl groups is 3. The van der Waals surface area contributed by atoms with E-state index in [0.29, 0.717) is 0 Å². The Kier molecular flexibility index (Phi) is 6.95. The Morgan fingerprint density at radius 3 is 2.00 bits per heavy atom. The van der Waals surface area contributed by atoms with Crippen LogP contribution in [0.5, 0.6) is 0 Å². The van der Waals surface area contributed by atoms with Crippen LogP contribution in [0.3, 0.4) is 0 Å². The highest BCUT2D eigenvalue weighted by Gasteiger charge is 2.20. The van der Waals surface area contributed by atoms with Gasteiger partial charge in [0.25, 0.3) is 0 Å². The lowest BCUT2D eigenvalue weighted by Crippen LogP contribution is -2.37. The van der Waals surface area contributed by atoms with Crippen molar-refractivity contribution < 1.29 is 15.3 Å².